The van der Waals surface area contributed by atoms with E-state index in [4.69, 9.17) is 21.4 Å². The zero-order valence-corrected chi connectivity index (χ0v) is 19.9. The van der Waals surface area contributed by atoms with Gasteiger partial charge in [-0.2, -0.15) is 0 Å². The Morgan fingerprint density at radius 1 is 0.943 bits per heavy atom. The summed E-state index contributed by atoms with van der Waals surface area (Å²) in [6.07, 6.45) is 4.34. The minimum atomic E-state index is -0.766. The number of carboxylic acids is 1. The Morgan fingerprint density at radius 3 is 2.23 bits per heavy atom. The maximum absolute atomic E-state index is 14.1. The molecular formula is C26H28ClFN2O5. The quantitative estimate of drug-likeness (QED) is 0.437. The second-order valence-electron chi connectivity index (χ2n) is 9.09. The molecule has 2 aromatic carbocycles. The van der Waals surface area contributed by atoms with E-state index >= 15 is 0 Å². The van der Waals surface area contributed by atoms with Crippen LogP contribution in [0.3, 0.4) is 0 Å². The Bertz CT molecular complexity index is 1110. The average Bonchev–Trinajstić information content (AvgIpc) is 3.67. The number of rotatable bonds is 9. The van der Waals surface area contributed by atoms with E-state index in [9.17, 15) is 18.8 Å². The Balaban J connectivity index is 1.21. The first kappa shape index (κ1) is 25.0. The number of amides is 2. The van der Waals surface area contributed by atoms with Crippen LogP contribution in [0.15, 0.2) is 36.4 Å². The summed E-state index contributed by atoms with van der Waals surface area (Å²) in [5.74, 6) is -1.44. The van der Waals surface area contributed by atoms with E-state index in [1.165, 1.54) is 6.07 Å². The van der Waals surface area contributed by atoms with Crippen LogP contribution in [0.2, 0.25) is 5.02 Å². The summed E-state index contributed by atoms with van der Waals surface area (Å²) in [5.41, 5.74) is 1.18. The zero-order valence-electron chi connectivity index (χ0n) is 19.2. The van der Waals surface area contributed by atoms with Gasteiger partial charge in [-0.25, -0.2) is 4.39 Å². The van der Waals surface area contributed by atoms with E-state index in [2.05, 4.69) is 10.6 Å². The average molecular weight is 503 g/mol. The maximum atomic E-state index is 14.1. The Labute approximate surface area is 208 Å². The molecule has 2 aliphatic rings. The minimum absolute atomic E-state index is 0.0802. The van der Waals surface area contributed by atoms with Gasteiger partial charge < -0.3 is 20.5 Å². The van der Waals surface area contributed by atoms with Gasteiger partial charge in [-0.1, -0.05) is 17.7 Å². The van der Waals surface area contributed by atoms with Gasteiger partial charge in [0, 0.05) is 18.7 Å². The minimum Gasteiger partial charge on any atom is -0.490 e. The lowest BCUT2D eigenvalue weighted by Crippen LogP contribution is -2.34. The first-order chi connectivity index (χ1) is 16.8. The molecule has 2 aromatic rings. The van der Waals surface area contributed by atoms with Crippen LogP contribution in [-0.2, 0) is 4.79 Å². The number of benzene rings is 2. The van der Waals surface area contributed by atoms with E-state index in [0.29, 0.717) is 37.0 Å². The Hall–Kier alpha value is -3.13. The molecule has 35 heavy (non-hydrogen) atoms. The molecule has 0 radical (unpaired) electrons. The van der Waals surface area contributed by atoms with Crippen LogP contribution in [-0.4, -0.2) is 42.1 Å². The summed E-state index contributed by atoms with van der Waals surface area (Å²) in [6, 6.07) is 9.33. The van der Waals surface area contributed by atoms with Gasteiger partial charge >= 0.3 is 5.97 Å². The fraction of sp³-hybridized carbons (Fsp3) is 0.423. The highest BCUT2D eigenvalue weighted by molar-refractivity contribution is 6.34. The number of halogens is 2. The summed E-state index contributed by atoms with van der Waals surface area (Å²) >= 11 is 6.28. The molecular weight excluding hydrogens is 475 g/mol. The molecule has 2 fully saturated rings. The number of carbonyl (C=O) groups excluding carboxylic acids is 2. The standard InChI is InChI=1S/C26H28ClFN2O5/c27-22-14-19(35-18-6-3-16(4-7-18)26(33)34)8-10-21(22)25(32)30-12-11-29-24(31)17-5-9-20(15-1-2-15)23(28)13-17/h5,8-10,13-16,18H,1-4,6-7,11-12H2,(H,29,31)(H,30,32)(H,33,34). The predicted molar refractivity (Wildman–Crippen MR) is 129 cm³/mol. The largest absolute Gasteiger partial charge is 0.490 e. The first-order valence-electron chi connectivity index (χ1n) is 11.9. The van der Waals surface area contributed by atoms with Crippen molar-refractivity contribution in [2.45, 2.75) is 50.5 Å². The lowest BCUT2D eigenvalue weighted by atomic mass is 9.87. The highest BCUT2D eigenvalue weighted by Gasteiger charge is 2.28. The van der Waals surface area contributed by atoms with Gasteiger partial charge in [-0.05, 0) is 80.3 Å². The first-order valence-corrected chi connectivity index (χ1v) is 12.2. The number of aliphatic carboxylic acids is 1. The van der Waals surface area contributed by atoms with E-state index in [-0.39, 0.29) is 53.0 Å². The molecule has 186 valence electrons. The lowest BCUT2D eigenvalue weighted by molar-refractivity contribution is -0.143. The number of hydrogen-bond donors (Lipinski definition) is 3. The molecule has 2 saturated carbocycles. The molecule has 0 aliphatic heterocycles. The van der Waals surface area contributed by atoms with Crippen molar-refractivity contribution in [1.29, 1.82) is 0 Å². The predicted octanol–water partition coefficient (Wildman–Crippen LogP) is 4.54. The van der Waals surface area contributed by atoms with Crippen LogP contribution in [0.5, 0.6) is 5.75 Å². The van der Waals surface area contributed by atoms with Crippen LogP contribution in [0.1, 0.15) is 70.7 Å². The van der Waals surface area contributed by atoms with Crippen LogP contribution >= 0.6 is 11.6 Å². The summed E-state index contributed by atoms with van der Waals surface area (Å²) in [6.45, 7) is 0.350. The van der Waals surface area contributed by atoms with Gasteiger partial charge in [0.15, 0.2) is 0 Å². The fourth-order valence-corrected chi connectivity index (χ4v) is 4.57. The monoisotopic (exact) mass is 502 g/mol. The molecule has 4 rings (SSSR count). The Morgan fingerprint density at radius 2 is 1.63 bits per heavy atom. The van der Waals surface area contributed by atoms with E-state index < -0.39 is 17.8 Å². The third kappa shape index (κ3) is 6.51. The van der Waals surface area contributed by atoms with Gasteiger partial charge in [0.05, 0.1) is 22.6 Å². The molecule has 3 N–H and O–H groups in total. The van der Waals surface area contributed by atoms with Gasteiger partial charge in [0.2, 0.25) is 0 Å². The van der Waals surface area contributed by atoms with Gasteiger partial charge in [-0.15, -0.1) is 0 Å². The van der Waals surface area contributed by atoms with Crippen molar-refractivity contribution in [2.75, 3.05) is 13.1 Å². The molecule has 0 unspecified atom stereocenters. The molecule has 9 heteroatoms. The molecule has 0 aromatic heterocycles. The van der Waals surface area contributed by atoms with Crippen LogP contribution < -0.4 is 15.4 Å². The number of carbonyl (C=O) groups is 3. The lowest BCUT2D eigenvalue weighted by Gasteiger charge is -2.26. The molecule has 7 nitrogen and oxygen atoms in total. The molecule has 0 spiro atoms. The SMILES string of the molecule is O=C(NCCNC(=O)c1ccc(OC2CCC(C(=O)O)CC2)cc1Cl)c1ccc(C2CC2)c(F)c1. The zero-order chi connectivity index (χ0) is 24.9. The number of ether oxygens (including phenoxy) is 1. The smallest absolute Gasteiger partial charge is 0.306 e. The van der Waals surface area contributed by atoms with Crippen molar-refractivity contribution in [1.82, 2.24) is 10.6 Å². The van der Waals surface area contributed by atoms with Gasteiger partial charge in [0.25, 0.3) is 11.8 Å². The number of hydrogen-bond acceptors (Lipinski definition) is 4. The highest BCUT2D eigenvalue weighted by atomic mass is 35.5. The third-order valence-electron chi connectivity index (χ3n) is 6.49. The van der Waals surface area contributed by atoms with Gasteiger partial charge in [0.1, 0.15) is 11.6 Å². The number of nitrogens with one attached hydrogen (secondary N) is 2. The maximum Gasteiger partial charge on any atom is 0.306 e. The molecule has 0 heterocycles. The second-order valence-corrected chi connectivity index (χ2v) is 9.50. The molecule has 2 aliphatic carbocycles. The summed E-state index contributed by atoms with van der Waals surface area (Å²) in [5, 5.41) is 14.7. The topological polar surface area (TPSA) is 105 Å². The molecule has 2 amide bonds. The van der Waals surface area contributed by atoms with E-state index in [1.807, 2.05) is 0 Å². The van der Waals surface area contributed by atoms with Crippen LogP contribution in [0.25, 0.3) is 0 Å². The summed E-state index contributed by atoms with van der Waals surface area (Å²) in [7, 11) is 0. The van der Waals surface area contributed by atoms with Crippen molar-refractivity contribution in [3.8, 4) is 5.75 Å². The fourth-order valence-electron chi connectivity index (χ4n) is 4.32. The second kappa shape index (κ2) is 11.1. The molecule has 0 atom stereocenters. The van der Waals surface area contributed by atoms with Crippen molar-refractivity contribution < 1.29 is 28.6 Å². The van der Waals surface area contributed by atoms with E-state index in [0.717, 1.165) is 12.8 Å². The molecule has 0 bridgehead atoms. The van der Waals surface area contributed by atoms with Crippen molar-refractivity contribution in [2.24, 2.45) is 5.92 Å². The summed E-state index contributed by atoms with van der Waals surface area (Å²) < 4.78 is 20.1. The van der Waals surface area contributed by atoms with Gasteiger partial charge in [-0.3, -0.25) is 14.4 Å². The number of carboxylic acid groups (broad SMARTS) is 1. The van der Waals surface area contributed by atoms with Crippen molar-refractivity contribution >= 4 is 29.4 Å². The van der Waals surface area contributed by atoms with Crippen LogP contribution in [0, 0.1) is 11.7 Å². The van der Waals surface area contributed by atoms with Crippen LogP contribution in [0.4, 0.5) is 4.39 Å². The normalized spacial score (nSPS) is 19.6. The highest BCUT2D eigenvalue weighted by Crippen LogP contribution is 2.41. The summed E-state index contributed by atoms with van der Waals surface area (Å²) in [4.78, 5) is 35.8. The van der Waals surface area contributed by atoms with E-state index in [1.54, 1.807) is 30.3 Å². The van der Waals surface area contributed by atoms with Crippen molar-refractivity contribution in [3.63, 3.8) is 0 Å². The van der Waals surface area contributed by atoms with Crippen molar-refractivity contribution in [3.05, 3.63) is 63.9 Å². The molecule has 0 saturated heterocycles. The Kier molecular flexibility index (Phi) is 7.90. The third-order valence-corrected chi connectivity index (χ3v) is 6.80.